The fourth-order valence-corrected chi connectivity index (χ4v) is 2.14. The van der Waals surface area contributed by atoms with Gasteiger partial charge in [-0.05, 0) is 29.8 Å². The highest BCUT2D eigenvalue weighted by atomic mass is 16.5. The molecule has 24 heavy (non-hydrogen) atoms. The van der Waals surface area contributed by atoms with Gasteiger partial charge in [-0.1, -0.05) is 36.4 Å². The number of carbonyl (C=O) groups is 1. The zero-order valence-electron chi connectivity index (χ0n) is 12.8. The van der Waals surface area contributed by atoms with Crippen molar-refractivity contribution < 1.29 is 9.53 Å². The molecule has 1 aromatic carbocycles. The second-order valence-corrected chi connectivity index (χ2v) is 4.97. The molecule has 0 radical (unpaired) electrons. The fraction of sp³-hybridized carbons (Fsp3) is 0.0556. The van der Waals surface area contributed by atoms with Gasteiger partial charge in [0.05, 0.1) is 0 Å². The van der Waals surface area contributed by atoms with E-state index < -0.39 is 6.09 Å². The van der Waals surface area contributed by atoms with Crippen molar-refractivity contribution in [3.05, 3.63) is 89.0 Å². The number of aromatic nitrogens is 2. The van der Waals surface area contributed by atoms with E-state index in [-0.39, 0.29) is 17.9 Å². The van der Waals surface area contributed by atoms with Gasteiger partial charge in [-0.2, -0.15) is 0 Å². The first-order valence-electron chi connectivity index (χ1n) is 7.35. The molecule has 1 amide bonds. The summed E-state index contributed by atoms with van der Waals surface area (Å²) in [5, 5.41) is 2.47. The van der Waals surface area contributed by atoms with Crippen LogP contribution >= 0.6 is 0 Å². The molecule has 6 heteroatoms. The molecule has 3 aromatic rings. The zero-order valence-corrected chi connectivity index (χ0v) is 12.8. The van der Waals surface area contributed by atoms with Crippen molar-refractivity contribution in [2.24, 2.45) is 0 Å². The van der Waals surface area contributed by atoms with E-state index in [1.54, 1.807) is 36.7 Å². The Bertz CT molecular complexity index is 877. The predicted octanol–water partition coefficient (Wildman–Crippen LogP) is 2.98. The molecule has 1 N–H and O–H groups in total. The summed E-state index contributed by atoms with van der Waals surface area (Å²) < 4.78 is 6.47. The second kappa shape index (κ2) is 7.23. The molecule has 120 valence electrons. The Kier molecular flexibility index (Phi) is 4.67. The van der Waals surface area contributed by atoms with Crippen LogP contribution in [-0.4, -0.2) is 15.6 Å². The fourth-order valence-electron chi connectivity index (χ4n) is 2.14. The van der Waals surface area contributed by atoms with Gasteiger partial charge in [-0.15, -0.1) is 0 Å². The molecule has 0 saturated heterocycles. The number of benzene rings is 1. The summed E-state index contributed by atoms with van der Waals surface area (Å²) in [7, 11) is 0. The number of pyridine rings is 2. The van der Waals surface area contributed by atoms with Crippen LogP contribution in [0.5, 0.6) is 0 Å². The van der Waals surface area contributed by atoms with E-state index in [4.69, 9.17) is 4.74 Å². The lowest BCUT2D eigenvalue weighted by Gasteiger charge is -2.09. The average Bonchev–Trinajstić information content (AvgIpc) is 2.63. The number of hydrogen-bond acceptors (Lipinski definition) is 4. The van der Waals surface area contributed by atoms with Gasteiger partial charge in [0.1, 0.15) is 18.1 Å². The van der Waals surface area contributed by atoms with Gasteiger partial charge >= 0.3 is 6.09 Å². The van der Waals surface area contributed by atoms with E-state index in [1.807, 2.05) is 30.3 Å². The third-order valence-electron chi connectivity index (χ3n) is 3.29. The zero-order chi connectivity index (χ0) is 16.8. The molecule has 0 unspecified atom stereocenters. The molecule has 2 aromatic heterocycles. The first-order valence-corrected chi connectivity index (χ1v) is 7.35. The molecule has 0 atom stereocenters. The van der Waals surface area contributed by atoms with Gasteiger partial charge < -0.3 is 4.74 Å². The Morgan fingerprint density at radius 1 is 1.04 bits per heavy atom. The quantitative estimate of drug-likeness (QED) is 0.802. The SMILES string of the molecule is O=C(Nc1cccn(-c2ccccn2)c1=O)OCc1ccccc1. The number of ether oxygens (including phenoxy) is 1. The van der Waals surface area contributed by atoms with E-state index in [0.29, 0.717) is 5.82 Å². The number of amides is 1. The largest absolute Gasteiger partial charge is 0.444 e. The highest BCUT2D eigenvalue weighted by molar-refractivity contribution is 5.84. The summed E-state index contributed by atoms with van der Waals surface area (Å²) in [6.45, 7) is 0.133. The Morgan fingerprint density at radius 2 is 1.83 bits per heavy atom. The van der Waals surface area contributed by atoms with Crippen LogP contribution in [-0.2, 0) is 11.3 Å². The highest BCUT2D eigenvalue weighted by Gasteiger charge is 2.10. The van der Waals surface area contributed by atoms with Crippen LogP contribution in [0.25, 0.3) is 5.82 Å². The molecular weight excluding hydrogens is 306 g/mol. The average molecular weight is 321 g/mol. The van der Waals surface area contributed by atoms with Crippen LogP contribution in [0, 0.1) is 0 Å². The van der Waals surface area contributed by atoms with E-state index in [2.05, 4.69) is 10.3 Å². The Labute approximate surface area is 138 Å². The number of rotatable bonds is 4. The maximum Gasteiger partial charge on any atom is 0.412 e. The van der Waals surface area contributed by atoms with Crippen molar-refractivity contribution >= 4 is 11.8 Å². The second-order valence-electron chi connectivity index (χ2n) is 4.97. The van der Waals surface area contributed by atoms with Gasteiger partial charge in [0.15, 0.2) is 0 Å². The van der Waals surface area contributed by atoms with E-state index in [9.17, 15) is 9.59 Å². The minimum absolute atomic E-state index is 0.126. The number of nitrogens with zero attached hydrogens (tertiary/aromatic N) is 2. The summed E-state index contributed by atoms with van der Waals surface area (Å²) in [4.78, 5) is 28.4. The van der Waals surface area contributed by atoms with Crippen LogP contribution in [0.1, 0.15) is 5.56 Å². The standard InChI is InChI=1S/C18H15N3O3/c22-17-15(9-6-12-21(17)16-10-4-5-11-19-16)20-18(23)24-13-14-7-2-1-3-8-14/h1-12H,13H2,(H,20,23). The van der Waals surface area contributed by atoms with Crippen molar-refractivity contribution in [1.82, 2.24) is 9.55 Å². The van der Waals surface area contributed by atoms with Gasteiger partial charge in [0.25, 0.3) is 5.56 Å². The summed E-state index contributed by atoms with van der Waals surface area (Å²) in [5.41, 5.74) is 0.612. The van der Waals surface area contributed by atoms with Crippen LogP contribution < -0.4 is 10.9 Å². The Hall–Kier alpha value is -3.41. The summed E-state index contributed by atoms with van der Waals surface area (Å²) in [6, 6.07) is 17.7. The number of anilines is 1. The third kappa shape index (κ3) is 3.67. The van der Waals surface area contributed by atoms with E-state index in [0.717, 1.165) is 5.56 Å². The first-order chi connectivity index (χ1) is 11.7. The van der Waals surface area contributed by atoms with E-state index in [1.165, 1.54) is 10.6 Å². The minimum atomic E-state index is -0.685. The topological polar surface area (TPSA) is 73.2 Å². The van der Waals surface area contributed by atoms with Crippen LogP contribution in [0.4, 0.5) is 10.5 Å². The molecule has 0 bridgehead atoms. The van der Waals surface area contributed by atoms with Crippen LogP contribution in [0.3, 0.4) is 0 Å². The van der Waals surface area contributed by atoms with Crippen LogP contribution in [0.15, 0.2) is 77.9 Å². The summed E-state index contributed by atoms with van der Waals surface area (Å²) in [5.74, 6) is 0.476. The molecular formula is C18H15N3O3. The molecule has 3 rings (SSSR count). The van der Waals surface area contributed by atoms with E-state index >= 15 is 0 Å². The smallest absolute Gasteiger partial charge is 0.412 e. The van der Waals surface area contributed by atoms with Gasteiger partial charge in [-0.25, -0.2) is 9.78 Å². The number of hydrogen-bond donors (Lipinski definition) is 1. The van der Waals surface area contributed by atoms with Gasteiger partial charge in [-0.3, -0.25) is 14.7 Å². The monoisotopic (exact) mass is 321 g/mol. The van der Waals surface area contributed by atoms with Crippen molar-refractivity contribution in [2.75, 3.05) is 5.32 Å². The molecule has 0 aliphatic carbocycles. The molecule has 2 heterocycles. The lowest BCUT2D eigenvalue weighted by Crippen LogP contribution is -2.25. The normalized spacial score (nSPS) is 10.2. The minimum Gasteiger partial charge on any atom is -0.444 e. The molecule has 0 fully saturated rings. The summed E-state index contributed by atoms with van der Waals surface area (Å²) >= 11 is 0. The van der Waals surface area contributed by atoms with Crippen LogP contribution in [0.2, 0.25) is 0 Å². The molecule has 0 aliphatic heterocycles. The molecule has 6 nitrogen and oxygen atoms in total. The van der Waals surface area contributed by atoms with Crippen molar-refractivity contribution in [2.45, 2.75) is 6.61 Å². The summed E-state index contributed by atoms with van der Waals surface area (Å²) in [6.07, 6.45) is 2.50. The molecule has 0 spiro atoms. The highest BCUT2D eigenvalue weighted by Crippen LogP contribution is 2.06. The first kappa shape index (κ1) is 15.5. The van der Waals surface area contributed by atoms with Gasteiger partial charge in [0.2, 0.25) is 0 Å². The molecule has 0 aliphatic rings. The van der Waals surface area contributed by atoms with Gasteiger partial charge in [0, 0.05) is 12.4 Å². The van der Waals surface area contributed by atoms with Crippen molar-refractivity contribution in [1.29, 1.82) is 0 Å². The number of nitrogens with one attached hydrogen (secondary N) is 1. The maximum absolute atomic E-state index is 12.4. The number of carbonyl (C=O) groups excluding carboxylic acids is 1. The Balaban J connectivity index is 1.71. The van der Waals surface area contributed by atoms with Crippen molar-refractivity contribution in [3.63, 3.8) is 0 Å². The van der Waals surface area contributed by atoms with Crippen molar-refractivity contribution in [3.8, 4) is 5.82 Å². The lowest BCUT2D eigenvalue weighted by molar-refractivity contribution is 0.155. The molecule has 0 saturated carbocycles. The Morgan fingerprint density at radius 3 is 2.58 bits per heavy atom. The third-order valence-corrected chi connectivity index (χ3v) is 3.29. The maximum atomic E-state index is 12.4. The lowest BCUT2D eigenvalue weighted by atomic mass is 10.2. The predicted molar refractivity (Wildman–Crippen MR) is 90.1 cm³/mol.